The summed E-state index contributed by atoms with van der Waals surface area (Å²) in [5, 5.41) is 1.29. The number of benzene rings is 1. The Bertz CT molecular complexity index is 675. The summed E-state index contributed by atoms with van der Waals surface area (Å²) in [4.78, 5) is 23.3. The number of ketones is 1. The Morgan fingerprint density at radius 3 is 2.75 bits per heavy atom. The first-order valence-corrected chi connectivity index (χ1v) is 6.37. The summed E-state index contributed by atoms with van der Waals surface area (Å²) < 4.78 is 12.0. The van der Waals surface area contributed by atoms with Crippen LogP contribution >= 0.6 is 0 Å². The maximum Gasteiger partial charge on any atom is 0.258 e. The quantitative estimate of drug-likeness (QED) is 0.803. The van der Waals surface area contributed by atoms with Gasteiger partial charge in [0.25, 0.3) is 5.56 Å². The van der Waals surface area contributed by atoms with E-state index in [4.69, 9.17) is 9.47 Å². The minimum atomic E-state index is -0.0900. The molecule has 2 aromatic rings. The second kappa shape index (κ2) is 6.34. The van der Waals surface area contributed by atoms with Crippen LogP contribution in [0.1, 0.15) is 6.92 Å². The zero-order chi connectivity index (χ0) is 14.5. The van der Waals surface area contributed by atoms with Crippen LogP contribution in [0.3, 0.4) is 0 Å². The van der Waals surface area contributed by atoms with Crippen molar-refractivity contribution in [1.82, 2.24) is 4.57 Å². The van der Waals surface area contributed by atoms with Crippen molar-refractivity contribution in [1.29, 1.82) is 0 Å². The highest BCUT2D eigenvalue weighted by Gasteiger charge is 2.08. The summed E-state index contributed by atoms with van der Waals surface area (Å²) >= 11 is 0. The van der Waals surface area contributed by atoms with Gasteiger partial charge >= 0.3 is 0 Å². The lowest BCUT2D eigenvalue weighted by Gasteiger charge is -2.10. The van der Waals surface area contributed by atoms with Gasteiger partial charge in [-0.3, -0.25) is 9.59 Å². The topological polar surface area (TPSA) is 57.5 Å². The van der Waals surface area contributed by atoms with Gasteiger partial charge in [0.15, 0.2) is 5.78 Å². The number of aromatic nitrogens is 1. The van der Waals surface area contributed by atoms with Gasteiger partial charge in [0.2, 0.25) is 0 Å². The molecule has 0 amide bonds. The van der Waals surface area contributed by atoms with Crippen molar-refractivity contribution in [3.05, 3.63) is 40.8 Å². The smallest absolute Gasteiger partial charge is 0.258 e. The summed E-state index contributed by atoms with van der Waals surface area (Å²) in [5.41, 5.74) is -0.0900. The Hall–Kier alpha value is -2.14. The molecule has 0 radical (unpaired) electrons. The molecule has 0 aliphatic heterocycles. The minimum absolute atomic E-state index is 0.00583. The third-order valence-corrected chi connectivity index (χ3v) is 2.95. The fourth-order valence-corrected chi connectivity index (χ4v) is 1.96. The maximum atomic E-state index is 12.3. The van der Waals surface area contributed by atoms with Crippen LogP contribution in [0.5, 0.6) is 5.75 Å². The summed E-state index contributed by atoms with van der Waals surface area (Å²) in [6, 6.07) is 7.08. The maximum absolute atomic E-state index is 12.3. The van der Waals surface area contributed by atoms with Crippen LogP contribution in [0.25, 0.3) is 10.8 Å². The molecule has 5 heteroatoms. The van der Waals surface area contributed by atoms with E-state index in [1.807, 2.05) is 6.07 Å². The Morgan fingerprint density at radius 1 is 1.25 bits per heavy atom. The number of pyridine rings is 1. The Labute approximate surface area is 116 Å². The van der Waals surface area contributed by atoms with E-state index in [1.54, 1.807) is 36.1 Å². The molecule has 0 aliphatic carbocycles. The second-order valence-electron chi connectivity index (χ2n) is 4.52. The number of hydrogen-bond acceptors (Lipinski definition) is 4. The SMILES string of the molecule is COCCn1ccc2c(OCC(C)=O)cccc2c1=O. The predicted octanol–water partition coefficient (Wildman–Crippen LogP) is 1.62. The molecule has 1 heterocycles. The monoisotopic (exact) mass is 275 g/mol. The molecular weight excluding hydrogens is 258 g/mol. The molecule has 0 N–H and O–H groups in total. The number of ether oxygens (including phenoxy) is 2. The first-order valence-electron chi connectivity index (χ1n) is 6.37. The molecule has 2 rings (SSSR count). The molecule has 0 aliphatic rings. The average molecular weight is 275 g/mol. The number of carbonyl (C=O) groups excluding carboxylic acids is 1. The summed E-state index contributed by atoms with van der Waals surface area (Å²) in [5.74, 6) is 0.490. The molecule has 106 valence electrons. The molecule has 20 heavy (non-hydrogen) atoms. The van der Waals surface area contributed by atoms with Gasteiger partial charge in [0, 0.05) is 25.2 Å². The van der Waals surface area contributed by atoms with Crippen molar-refractivity contribution in [2.75, 3.05) is 20.3 Å². The Kier molecular flexibility index (Phi) is 4.53. The van der Waals surface area contributed by atoms with Gasteiger partial charge in [-0.2, -0.15) is 0 Å². The molecule has 1 aromatic heterocycles. The molecule has 0 fully saturated rings. The van der Waals surface area contributed by atoms with Crippen molar-refractivity contribution in [2.45, 2.75) is 13.5 Å². The zero-order valence-corrected chi connectivity index (χ0v) is 11.6. The van der Waals surface area contributed by atoms with E-state index in [-0.39, 0.29) is 17.9 Å². The van der Waals surface area contributed by atoms with Crippen molar-refractivity contribution >= 4 is 16.6 Å². The Balaban J connectivity index is 2.41. The number of carbonyl (C=O) groups is 1. The van der Waals surface area contributed by atoms with E-state index in [1.165, 1.54) is 6.92 Å². The van der Waals surface area contributed by atoms with Crippen LogP contribution in [0.4, 0.5) is 0 Å². The van der Waals surface area contributed by atoms with Gasteiger partial charge in [-0.25, -0.2) is 0 Å². The summed E-state index contributed by atoms with van der Waals surface area (Å²) in [7, 11) is 1.60. The molecule has 0 saturated carbocycles. The van der Waals surface area contributed by atoms with Crippen LogP contribution in [-0.4, -0.2) is 30.7 Å². The van der Waals surface area contributed by atoms with E-state index in [0.29, 0.717) is 29.7 Å². The van der Waals surface area contributed by atoms with E-state index >= 15 is 0 Å². The van der Waals surface area contributed by atoms with Gasteiger partial charge in [0.1, 0.15) is 12.4 Å². The number of hydrogen-bond donors (Lipinski definition) is 0. The van der Waals surface area contributed by atoms with Crippen LogP contribution in [0, 0.1) is 0 Å². The lowest BCUT2D eigenvalue weighted by molar-refractivity contribution is -0.118. The van der Waals surface area contributed by atoms with Crippen molar-refractivity contribution in [2.24, 2.45) is 0 Å². The fourth-order valence-electron chi connectivity index (χ4n) is 1.96. The normalized spacial score (nSPS) is 10.7. The third kappa shape index (κ3) is 3.05. The average Bonchev–Trinajstić information content (AvgIpc) is 2.44. The number of nitrogens with zero attached hydrogens (tertiary/aromatic N) is 1. The van der Waals surface area contributed by atoms with E-state index in [9.17, 15) is 9.59 Å². The molecule has 0 unspecified atom stereocenters. The molecule has 0 spiro atoms. The standard InChI is InChI=1S/C15H17NO4/c1-11(17)10-20-14-5-3-4-13-12(14)6-7-16(15(13)18)8-9-19-2/h3-7H,8-10H2,1-2H3. The number of fused-ring (bicyclic) bond motifs is 1. The lowest BCUT2D eigenvalue weighted by atomic mass is 10.1. The third-order valence-electron chi connectivity index (χ3n) is 2.95. The van der Waals surface area contributed by atoms with Crippen molar-refractivity contribution in [3.63, 3.8) is 0 Å². The van der Waals surface area contributed by atoms with Crippen LogP contribution in [-0.2, 0) is 16.1 Å². The molecule has 5 nitrogen and oxygen atoms in total. The minimum Gasteiger partial charge on any atom is -0.485 e. The van der Waals surface area contributed by atoms with Gasteiger partial charge in [0.05, 0.1) is 12.0 Å². The highest BCUT2D eigenvalue weighted by molar-refractivity contribution is 5.88. The van der Waals surface area contributed by atoms with Crippen LogP contribution in [0.15, 0.2) is 35.3 Å². The highest BCUT2D eigenvalue weighted by Crippen LogP contribution is 2.23. The highest BCUT2D eigenvalue weighted by atomic mass is 16.5. The van der Waals surface area contributed by atoms with Crippen molar-refractivity contribution < 1.29 is 14.3 Å². The van der Waals surface area contributed by atoms with Crippen LogP contribution < -0.4 is 10.3 Å². The lowest BCUT2D eigenvalue weighted by Crippen LogP contribution is -2.21. The van der Waals surface area contributed by atoms with E-state index in [0.717, 1.165) is 0 Å². The van der Waals surface area contributed by atoms with Crippen LogP contribution in [0.2, 0.25) is 0 Å². The largest absolute Gasteiger partial charge is 0.485 e. The van der Waals surface area contributed by atoms with E-state index < -0.39 is 0 Å². The first kappa shape index (κ1) is 14.3. The van der Waals surface area contributed by atoms with Crippen molar-refractivity contribution in [3.8, 4) is 5.75 Å². The number of rotatable bonds is 6. The zero-order valence-electron chi connectivity index (χ0n) is 11.6. The van der Waals surface area contributed by atoms with Gasteiger partial charge in [-0.1, -0.05) is 6.07 Å². The number of Topliss-reactive ketones (excluding diaryl/α,β-unsaturated/α-hetero) is 1. The summed E-state index contributed by atoms with van der Waals surface area (Å²) in [6.07, 6.45) is 1.71. The second-order valence-corrected chi connectivity index (χ2v) is 4.52. The molecule has 1 aromatic carbocycles. The number of methoxy groups -OCH3 is 1. The Morgan fingerprint density at radius 2 is 2.05 bits per heavy atom. The molecule has 0 atom stereocenters. The van der Waals surface area contributed by atoms with E-state index in [2.05, 4.69) is 0 Å². The predicted molar refractivity (Wildman–Crippen MR) is 76.3 cm³/mol. The van der Waals surface area contributed by atoms with Gasteiger partial charge in [-0.05, 0) is 25.1 Å². The molecule has 0 bridgehead atoms. The van der Waals surface area contributed by atoms with Gasteiger partial charge in [-0.15, -0.1) is 0 Å². The fraction of sp³-hybridized carbons (Fsp3) is 0.333. The van der Waals surface area contributed by atoms with Gasteiger partial charge < -0.3 is 14.0 Å². The summed E-state index contributed by atoms with van der Waals surface area (Å²) in [6.45, 7) is 2.45. The molecular formula is C15H17NO4. The first-order chi connectivity index (χ1) is 9.63. The molecule has 0 saturated heterocycles.